The maximum atomic E-state index is 13.9. The SMILES string of the molecule is COc1cccc2c1C(=O)c1c(O)c3c(c(O)c1C2=O)C[C@@](O)(C(C)=O)C[C@@H]3OC1CC(N=[N+]=[N-])C(OC2CC(C)(OC)C(O)C(C)O2)C(C)O1. The van der Waals surface area contributed by atoms with Gasteiger partial charge in [-0.1, -0.05) is 17.2 Å². The number of ketones is 3. The number of hydrogen-bond donors (Lipinski definition) is 4. The molecule has 16 heteroatoms. The van der Waals surface area contributed by atoms with E-state index >= 15 is 0 Å². The zero-order valence-corrected chi connectivity index (χ0v) is 29.0. The molecule has 2 aromatic rings. The number of azide groups is 1. The zero-order valence-electron chi connectivity index (χ0n) is 29.0. The van der Waals surface area contributed by atoms with Crippen molar-refractivity contribution < 1.29 is 63.2 Å². The molecule has 4 N–H and O–H groups in total. The molecule has 16 nitrogen and oxygen atoms in total. The number of benzene rings is 2. The maximum Gasteiger partial charge on any atom is 0.202 e. The number of phenolic OH excluding ortho intramolecular Hbond substituents is 2. The molecule has 2 aromatic carbocycles. The number of methoxy groups -OCH3 is 2. The van der Waals surface area contributed by atoms with Crippen LogP contribution >= 0.6 is 0 Å². The molecule has 2 aliphatic carbocycles. The lowest BCUT2D eigenvalue weighted by molar-refractivity contribution is -0.316. The highest BCUT2D eigenvalue weighted by Crippen LogP contribution is 2.52. The number of ether oxygens (including phenoxy) is 6. The molecule has 0 saturated carbocycles. The van der Waals surface area contributed by atoms with E-state index in [0.717, 1.165) is 6.92 Å². The summed E-state index contributed by atoms with van der Waals surface area (Å²) in [6.07, 6.45) is -7.39. The Morgan fingerprint density at radius 3 is 2.33 bits per heavy atom. The fourth-order valence-corrected chi connectivity index (χ4v) is 7.74. The van der Waals surface area contributed by atoms with Crippen LogP contribution in [0.4, 0.5) is 0 Å². The second-order valence-corrected chi connectivity index (χ2v) is 13.8. The first-order valence-electron chi connectivity index (χ1n) is 16.6. The smallest absolute Gasteiger partial charge is 0.202 e. The Bertz CT molecular complexity index is 1830. The summed E-state index contributed by atoms with van der Waals surface area (Å²) >= 11 is 0. The Kier molecular flexibility index (Phi) is 9.67. The van der Waals surface area contributed by atoms with E-state index in [1.807, 2.05) is 0 Å². The number of aliphatic hydroxyl groups excluding tert-OH is 1. The van der Waals surface area contributed by atoms with Crippen molar-refractivity contribution in [1.82, 2.24) is 0 Å². The predicted molar refractivity (Wildman–Crippen MR) is 175 cm³/mol. The van der Waals surface area contributed by atoms with Crippen LogP contribution in [0.5, 0.6) is 17.2 Å². The first-order valence-corrected chi connectivity index (χ1v) is 16.6. The first-order chi connectivity index (χ1) is 24.1. The number of nitrogens with zero attached hydrogens (tertiary/aromatic N) is 3. The monoisotopic (exact) mass is 711 g/mol. The van der Waals surface area contributed by atoms with Gasteiger partial charge in [-0.3, -0.25) is 14.4 Å². The Morgan fingerprint density at radius 2 is 1.69 bits per heavy atom. The van der Waals surface area contributed by atoms with Crippen LogP contribution in [0.1, 0.15) is 96.0 Å². The summed E-state index contributed by atoms with van der Waals surface area (Å²) in [7, 11) is 2.80. The fraction of sp³-hybridized carbons (Fsp3) is 0.571. The topological polar surface area (TPSA) is 236 Å². The minimum Gasteiger partial charge on any atom is -0.507 e. The standard InChI is InChI=1S/C35H41N3O13/c1-14-32(51-23-13-34(4,47-6)33(44)15(2)49-23)19(37-38-36)10-22(48-14)50-21-12-35(45,16(3)39)11-18-25(21)31(43)27-26(29(18)41)28(40)17-8-7-9-20(46-5)24(17)30(27)42/h7-9,14-15,19,21-23,32-33,41,43-45H,10-13H2,1-6H3/t14?,15?,19?,21-,22?,23?,32?,33?,34?,35-/m0/s1. The Hall–Kier alpha value is -4.12. The summed E-state index contributed by atoms with van der Waals surface area (Å²) in [5, 5.41) is 49.4. The molecular weight excluding hydrogens is 670 g/mol. The van der Waals surface area contributed by atoms with Crippen molar-refractivity contribution in [3.63, 3.8) is 0 Å². The Morgan fingerprint density at radius 1 is 1.00 bits per heavy atom. The molecule has 2 heterocycles. The third kappa shape index (κ3) is 6.05. The van der Waals surface area contributed by atoms with Crippen LogP contribution in [0.15, 0.2) is 23.3 Å². The highest BCUT2D eigenvalue weighted by Gasteiger charge is 2.51. The summed E-state index contributed by atoms with van der Waals surface area (Å²) in [5.41, 5.74) is 5.07. The minimum atomic E-state index is -2.09. The van der Waals surface area contributed by atoms with Crippen LogP contribution in [-0.4, -0.2) is 106 Å². The molecule has 8 unspecified atom stereocenters. The maximum absolute atomic E-state index is 13.9. The predicted octanol–water partition coefficient (Wildman–Crippen LogP) is 3.31. The molecule has 274 valence electrons. The number of carbonyl (C=O) groups is 3. The van der Waals surface area contributed by atoms with Crippen molar-refractivity contribution in [3.8, 4) is 17.2 Å². The quantitative estimate of drug-likeness (QED) is 0.114. The molecule has 0 bridgehead atoms. The van der Waals surface area contributed by atoms with Crippen molar-refractivity contribution >= 4 is 17.3 Å². The number of hydrogen-bond acceptors (Lipinski definition) is 14. The highest BCUT2D eigenvalue weighted by atomic mass is 16.7. The number of aromatic hydroxyl groups is 2. The third-order valence-electron chi connectivity index (χ3n) is 10.7. The van der Waals surface area contributed by atoms with Crippen LogP contribution in [0.2, 0.25) is 0 Å². The number of rotatable bonds is 8. The molecule has 0 radical (unpaired) electrons. The number of Topliss-reactive ketones (excluding diaryl/α,β-unsaturated/α-hetero) is 1. The van der Waals surface area contributed by atoms with Gasteiger partial charge in [-0.25, -0.2) is 0 Å². The molecule has 0 aromatic heterocycles. The van der Waals surface area contributed by atoms with Crippen molar-refractivity contribution in [2.75, 3.05) is 14.2 Å². The molecule has 0 amide bonds. The van der Waals surface area contributed by atoms with Gasteiger partial charge in [0.25, 0.3) is 0 Å². The van der Waals surface area contributed by atoms with Gasteiger partial charge in [0.05, 0.1) is 59.9 Å². The van der Waals surface area contributed by atoms with E-state index < -0.39 is 113 Å². The average molecular weight is 712 g/mol. The fourth-order valence-electron chi connectivity index (χ4n) is 7.74. The van der Waals surface area contributed by atoms with Gasteiger partial charge in [-0.05, 0) is 39.3 Å². The van der Waals surface area contributed by atoms with Crippen LogP contribution < -0.4 is 4.74 Å². The number of fused-ring (bicyclic) bond motifs is 3. The van der Waals surface area contributed by atoms with Crippen LogP contribution in [0, 0.1) is 0 Å². The molecule has 0 spiro atoms. The second-order valence-electron chi connectivity index (χ2n) is 13.8. The van der Waals surface area contributed by atoms with Gasteiger partial charge in [-0.2, -0.15) is 0 Å². The Labute approximate surface area is 292 Å². The first kappa shape index (κ1) is 36.7. The van der Waals surface area contributed by atoms with Gasteiger partial charge in [-0.15, -0.1) is 0 Å². The molecule has 6 rings (SSSR count). The normalized spacial score (nSPS) is 34.5. The van der Waals surface area contributed by atoms with E-state index in [9.17, 15) is 40.3 Å². The van der Waals surface area contributed by atoms with Gasteiger partial charge in [0.1, 0.15) is 29.0 Å². The highest BCUT2D eigenvalue weighted by molar-refractivity contribution is 6.31. The van der Waals surface area contributed by atoms with E-state index in [1.165, 1.54) is 32.4 Å². The van der Waals surface area contributed by atoms with Crippen molar-refractivity contribution in [2.24, 2.45) is 5.11 Å². The van der Waals surface area contributed by atoms with Crippen molar-refractivity contribution in [2.45, 2.75) is 114 Å². The van der Waals surface area contributed by atoms with Gasteiger partial charge in [0.2, 0.25) is 5.78 Å². The average Bonchev–Trinajstić information content (AvgIpc) is 3.08. The summed E-state index contributed by atoms with van der Waals surface area (Å²) < 4.78 is 35.5. The zero-order chi connectivity index (χ0) is 37.2. The summed E-state index contributed by atoms with van der Waals surface area (Å²) in [4.78, 5) is 43.4. The number of aliphatic hydroxyl groups is 2. The number of carbonyl (C=O) groups excluding carboxylic acids is 3. The van der Waals surface area contributed by atoms with Gasteiger partial charge in [0.15, 0.2) is 24.1 Å². The van der Waals surface area contributed by atoms with Crippen molar-refractivity contribution in [3.05, 3.63) is 62.0 Å². The van der Waals surface area contributed by atoms with E-state index in [-0.39, 0.29) is 40.8 Å². The van der Waals surface area contributed by atoms with Gasteiger partial charge >= 0.3 is 0 Å². The molecule has 51 heavy (non-hydrogen) atoms. The van der Waals surface area contributed by atoms with Crippen LogP contribution in [0.25, 0.3) is 10.4 Å². The summed E-state index contributed by atoms with van der Waals surface area (Å²) in [6.45, 7) is 6.23. The number of phenols is 2. The van der Waals surface area contributed by atoms with Crippen molar-refractivity contribution in [1.29, 1.82) is 0 Å². The van der Waals surface area contributed by atoms with E-state index in [1.54, 1.807) is 20.8 Å². The second kappa shape index (κ2) is 13.5. The lowest BCUT2D eigenvalue weighted by Crippen LogP contribution is -2.58. The molecule has 2 fully saturated rings. The van der Waals surface area contributed by atoms with E-state index in [0.29, 0.717) is 0 Å². The van der Waals surface area contributed by atoms with E-state index in [4.69, 9.17) is 28.4 Å². The summed E-state index contributed by atoms with van der Waals surface area (Å²) in [6, 6.07) is 3.51. The molecule has 2 aliphatic heterocycles. The molecule has 4 aliphatic rings. The van der Waals surface area contributed by atoms with E-state index in [2.05, 4.69) is 10.0 Å². The molecule has 10 atom stereocenters. The van der Waals surface area contributed by atoms with Gasteiger partial charge < -0.3 is 48.8 Å². The lowest BCUT2D eigenvalue weighted by Gasteiger charge is -2.47. The summed E-state index contributed by atoms with van der Waals surface area (Å²) in [5.74, 6) is -3.44. The molecule has 2 saturated heterocycles. The van der Waals surface area contributed by atoms with Crippen LogP contribution in [-0.2, 0) is 34.9 Å². The Balaban J connectivity index is 1.34. The largest absolute Gasteiger partial charge is 0.507 e. The minimum absolute atomic E-state index is 0.0477. The molecular formula is C35H41N3O13. The third-order valence-corrected chi connectivity index (χ3v) is 10.7. The van der Waals surface area contributed by atoms with Gasteiger partial charge in [0, 0.05) is 54.4 Å². The lowest BCUT2D eigenvalue weighted by atomic mass is 9.72. The van der Waals surface area contributed by atoms with Crippen LogP contribution in [0.3, 0.4) is 0 Å².